The molecule has 1 atom stereocenters. The van der Waals surface area contributed by atoms with Gasteiger partial charge in [0.2, 0.25) is 0 Å². The molecule has 114 valence electrons. The van der Waals surface area contributed by atoms with Crippen LogP contribution >= 0.6 is 11.6 Å². The Bertz CT molecular complexity index is 609. The molecule has 0 spiro atoms. The van der Waals surface area contributed by atoms with Crippen molar-refractivity contribution < 1.29 is 0 Å². The van der Waals surface area contributed by atoms with Gasteiger partial charge in [-0.2, -0.15) is 0 Å². The zero-order valence-electron chi connectivity index (χ0n) is 13.1. The Hall–Kier alpha value is -1.02. The molecule has 0 radical (unpaired) electrons. The van der Waals surface area contributed by atoms with E-state index in [0.29, 0.717) is 0 Å². The SMILES string of the molecule is Cc1ccc2nc(C(C)Cl)n(CCCC3CCCC3)c2c1. The third-order valence-electron chi connectivity index (χ3n) is 4.76. The van der Waals surface area contributed by atoms with Crippen molar-refractivity contribution in [2.45, 2.75) is 64.3 Å². The number of aryl methyl sites for hydroxylation is 2. The molecule has 21 heavy (non-hydrogen) atoms. The van der Waals surface area contributed by atoms with E-state index >= 15 is 0 Å². The largest absolute Gasteiger partial charge is 0.327 e. The van der Waals surface area contributed by atoms with Crippen molar-refractivity contribution in [1.82, 2.24) is 9.55 Å². The standard InChI is InChI=1S/C18H25ClN2/c1-13-9-10-16-17(12-13)21(18(20-16)14(2)19)11-5-8-15-6-3-4-7-15/h9-10,12,14-15H,3-8,11H2,1-2H3. The first-order chi connectivity index (χ1) is 10.1. The van der Waals surface area contributed by atoms with Crippen molar-refractivity contribution in [3.05, 3.63) is 29.6 Å². The van der Waals surface area contributed by atoms with Crippen LogP contribution in [0.25, 0.3) is 11.0 Å². The quantitative estimate of drug-likeness (QED) is 0.656. The second-order valence-electron chi connectivity index (χ2n) is 6.52. The first kappa shape index (κ1) is 14.9. The van der Waals surface area contributed by atoms with Crippen LogP contribution in [0.15, 0.2) is 18.2 Å². The number of halogens is 1. The van der Waals surface area contributed by atoms with Crippen LogP contribution in [0, 0.1) is 12.8 Å². The van der Waals surface area contributed by atoms with Crippen LogP contribution in [0.5, 0.6) is 0 Å². The number of aromatic nitrogens is 2. The lowest BCUT2D eigenvalue weighted by Gasteiger charge is -2.13. The zero-order valence-corrected chi connectivity index (χ0v) is 13.9. The first-order valence-corrected chi connectivity index (χ1v) is 8.69. The van der Waals surface area contributed by atoms with E-state index in [1.54, 1.807) is 0 Å². The molecule has 0 aliphatic heterocycles. The molecular weight excluding hydrogens is 280 g/mol. The maximum Gasteiger partial charge on any atom is 0.127 e. The molecule has 1 fully saturated rings. The Morgan fingerprint density at radius 2 is 2.10 bits per heavy atom. The van der Waals surface area contributed by atoms with E-state index in [1.807, 2.05) is 6.92 Å². The van der Waals surface area contributed by atoms with Crippen LogP contribution in [0.2, 0.25) is 0 Å². The van der Waals surface area contributed by atoms with Crippen molar-refractivity contribution in [3.63, 3.8) is 0 Å². The second kappa shape index (κ2) is 6.39. The zero-order chi connectivity index (χ0) is 14.8. The Labute approximate surface area is 132 Å². The summed E-state index contributed by atoms with van der Waals surface area (Å²) in [7, 11) is 0. The summed E-state index contributed by atoms with van der Waals surface area (Å²) >= 11 is 6.34. The number of fused-ring (bicyclic) bond motifs is 1. The van der Waals surface area contributed by atoms with Crippen molar-refractivity contribution >= 4 is 22.6 Å². The van der Waals surface area contributed by atoms with Crippen LogP contribution < -0.4 is 0 Å². The van der Waals surface area contributed by atoms with Gasteiger partial charge in [-0.3, -0.25) is 0 Å². The lowest BCUT2D eigenvalue weighted by Crippen LogP contribution is -2.06. The van der Waals surface area contributed by atoms with Crippen molar-refractivity contribution in [2.75, 3.05) is 0 Å². The molecule has 1 aromatic heterocycles. The summed E-state index contributed by atoms with van der Waals surface area (Å²) in [5.41, 5.74) is 3.60. The van der Waals surface area contributed by atoms with Gasteiger partial charge in [-0.15, -0.1) is 11.6 Å². The summed E-state index contributed by atoms with van der Waals surface area (Å²) in [6, 6.07) is 6.47. The fourth-order valence-electron chi connectivity index (χ4n) is 3.63. The van der Waals surface area contributed by atoms with Crippen molar-refractivity contribution in [3.8, 4) is 0 Å². The van der Waals surface area contributed by atoms with Gasteiger partial charge in [0.05, 0.1) is 16.4 Å². The third kappa shape index (κ3) is 3.26. The van der Waals surface area contributed by atoms with Crippen LogP contribution in [0.3, 0.4) is 0 Å². The van der Waals surface area contributed by atoms with E-state index in [2.05, 4.69) is 29.7 Å². The minimum atomic E-state index is -0.0378. The molecule has 2 aromatic rings. The summed E-state index contributed by atoms with van der Waals surface area (Å²) in [5.74, 6) is 1.97. The molecule has 0 amide bonds. The van der Waals surface area contributed by atoms with E-state index in [1.165, 1.54) is 49.6 Å². The highest BCUT2D eigenvalue weighted by Crippen LogP contribution is 2.30. The number of hydrogen-bond donors (Lipinski definition) is 0. The number of rotatable bonds is 5. The fourth-order valence-corrected chi connectivity index (χ4v) is 3.79. The summed E-state index contributed by atoms with van der Waals surface area (Å²) < 4.78 is 2.34. The number of nitrogens with zero attached hydrogens (tertiary/aromatic N) is 2. The lowest BCUT2D eigenvalue weighted by atomic mass is 10.0. The molecule has 3 rings (SSSR count). The van der Waals surface area contributed by atoms with Gasteiger partial charge in [0.25, 0.3) is 0 Å². The van der Waals surface area contributed by atoms with E-state index in [4.69, 9.17) is 16.6 Å². The highest BCUT2D eigenvalue weighted by molar-refractivity contribution is 6.20. The molecule has 1 saturated carbocycles. The second-order valence-corrected chi connectivity index (χ2v) is 7.18. The summed E-state index contributed by atoms with van der Waals surface area (Å²) in [6.07, 6.45) is 8.32. The molecule has 0 bridgehead atoms. The van der Waals surface area contributed by atoms with E-state index < -0.39 is 0 Å². The average Bonchev–Trinajstić information content (AvgIpc) is 3.07. The molecular formula is C18H25ClN2. The number of benzene rings is 1. The van der Waals surface area contributed by atoms with Gasteiger partial charge in [0.1, 0.15) is 5.82 Å². The molecule has 2 nitrogen and oxygen atoms in total. The van der Waals surface area contributed by atoms with Crippen LogP contribution in [-0.4, -0.2) is 9.55 Å². The van der Waals surface area contributed by atoms with E-state index in [0.717, 1.165) is 23.8 Å². The van der Waals surface area contributed by atoms with E-state index in [-0.39, 0.29) is 5.38 Å². The smallest absolute Gasteiger partial charge is 0.127 e. The summed E-state index contributed by atoms with van der Waals surface area (Å²) in [4.78, 5) is 4.73. The van der Waals surface area contributed by atoms with Gasteiger partial charge in [-0.25, -0.2) is 4.98 Å². The Morgan fingerprint density at radius 3 is 2.81 bits per heavy atom. The van der Waals surface area contributed by atoms with Crippen LogP contribution in [0.1, 0.15) is 62.2 Å². The maximum atomic E-state index is 6.34. The van der Waals surface area contributed by atoms with Crippen LogP contribution in [0.4, 0.5) is 0 Å². The van der Waals surface area contributed by atoms with Crippen molar-refractivity contribution in [1.29, 1.82) is 0 Å². The first-order valence-electron chi connectivity index (χ1n) is 8.26. The third-order valence-corrected chi connectivity index (χ3v) is 4.95. The molecule has 1 unspecified atom stereocenters. The Morgan fingerprint density at radius 1 is 1.33 bits per heavy atom. The Balaban J connectivity index is 1.80. The van der Waals surface area contributed by atoms with Crippen LogP contribution in [-0.2, 0) is 6.54 Å². The summed E-state index contributed by atoms with van der Waals surface area (Å²) in [5, 5.41) is -0.0378. The minimum Gasteiger partial charge on any atom is -0.327 e. The number of alkyl halides is 1. The predicted octanol–water partition coefficient (Wildman–Crippen LogP) is 5.61. The average molecular weight is 305 g/mol. The lowest BCUT2D eigenvalue weighted by molar-refractivity contribution is 0.457. The van der Waals surface area contributed by atoms with Crippen molar-refractivity contribution in [2.24, 2.45) is 5.92 Å². The molecule has 1 aliphatic carbocycles. The molecule has 0 saturated heterocycles. The van der Waals surface area contributed by atoms with Gasteiger partial charge in [-0.05, 0) is 50.3 Å². The number of imidazole rings is 1. The summed E-state index contributed by atoms with van der Waals surface area (Å²) in [6.45, 7) is 5.20. The monoisotopic (exact) mass is 304 g/mol. The predicted molar refractivity (Wildman–Crippen MR) is 89.9 cm³/mol. The molecule has 1 heterocycles. The molecule has 3 heteroatoms. The molecule has 0 N–H and O–H groups in total. The van der Waals surface area contributed by atoms with Gasteiger partial charge >= 0.3 is 0 Å². The normalized spacial score (nSPS) is 17.7. The van der Waals surface area contributed by atoms with E-state index in [9.17, 15) is 0 Å². The fraction of sp³-hybridized carbons (Fsp3) is 0.611. The molecule has 1 aliphatic rings. The van der Waals surface area contributed by atoms with Gasteiger partial charge < -0.3 is 4.57 Å². The van der Waals surface area contributed by atoms with Gasteiger partial charge in [0, 0.05) is 6.54 Å². The Kier molecular flexibility index (Phi) is 4.54. The highest BCUT2D eigenvalue weighted by atomic mass is 35.5. The number of hydrogen-bond acceptors (Lipinski definition) is 1. The van der Waals surface area contributed by atoms with Gasteiger partial charge in [0.15, 0.2) is 0 Å². The van der Waals surface area contributed by atoms with Gasteiger partial charge in [-0.1, -0.05) is 31.7 Å². The maximum absolute atomic E-state index is 6.34. The topological polar surface area (TPSA) is 17.8 Å². The highest BCUT2D eigenvalue weighted by Gasteiger charge is 2.17. The molecule has 1 aromatic carbocycles. The minimum absolute atomic E-state index is 0.0378.